The molecule has 0 N–H and O–H groups in total. The molecule has 226 valence electrons. The van der Waals surface area contributed by atoms with Gasteiger partial charge in [-0.05, 0) is 71.9 Å². The van der Waals surface area contributed by atoms with Crippen LogP contribution >= 0.6 is 0 Å². The maximum Gasteiger partial charge on any atom is 0.247 e. The number of carbonyl (C=O) groups excluding carboxylic acids is 2. The monoisotopic (exact) mass is 596 g/mol. The Labute approximate surface area is 263 Å². The zero-order valence-electron chi connectivity index (χ0n) is 25.6. The van der Waals surface area contributed by atoms with Crippen LogP contribution in [0.4, 0.5) is 0 Å². The molecule has 3 heterocycles. The van der Waals surface area contributed by atoms with E-state index in [1.165, 1.54) is 11.6 Å². The maximum atomic E-state index is 14.5. The molecule has 1 atom stereocenters. The van der Waals surface area contributed by atoms with Crippen LogP contribution in [0.2, 0.25) is 0 Å². The van der Waals surface area contributed by atoms with Gasteiger partial charge >= 0.3 is 0 Å². The second-order valence-electron chi connectivity index (χ2n) is 11.5. The lowest BCUT2D eigenvalue weighted by Gasteiger charge is -2.37. The summed E-state index contributed by atoms with van der Waals surface area (Å²) in [6.07, 6.45) is 8.01. The maximum absolute atomic E-state index is 14.5. The minimum atomic E-state index is -0.709. The van der Waals surface area contributed by atoms with Crippen molar-refractivity contribution in [3.63, 3.8) is 0 Å². The molecular formula is C38H36N4O3. The Kier molecular flexibility index (Phi) is 8.96. The summed E-state index contributed by atoms with van der Waals surface area (Å²) in [6.45, 7) is 5.08. The fourth-order valence-electron chi connectivity index (χ4n) is 5.93. The minimum Gasteiger partial charge on any atom is -0.361 e. The first-order valence-corrected chi connectivity index (χ1v) is 15.3. The average Bonchev–Trinajstić information content (AvgIpc) is 3.41. The largest absolute Gasteiger partial charge is 0.361 e. The van der Waals surface area contributed by atoms with Gasteiger partial charge in [0, 0.05) is 50.1 Å². The molecule has 0 bridgehead atoms. The van der Waals surface area contributed by atoms with Gasteiger partial charge in [-0.25, -0.2) is 0 Å². The van der Waals surface area contributed by atoms with Gasteiger partial charge in [0.1, 0.15) is 11.8 Å². The highest BCUT2D eigenvalue weighted by Crippen LogP contribution is 2.25. The predicted molar refractivity (Wildman–Crippen MR) is 175 cm³/mol. The van der Waals surface area contributed by atoms with Gasteiger partial charge in [-0.2, -0.15) is 0 Å². The summed E-state index contributed by atoms with van der Waals surface area (Å²) in [5.41, 5.74) is 7.94. The van der Waals surface area contributed by atoms with Gasteiger partial charge in [0.25, 0.3) is 0 Å². The number of fused-ring (bicyclic) bond motifs is 1. The predicted octanol–water partition coefficient (Wildman–Crippen LogP) is 6.59. The Morgan fingerprint density at radius 2 is 1.56 bits per heavy atom. The van der Waals surface area contributed by atoms with E-state index >= 15 is 0 Å². The van der Waals surface area contributed by atoms with Crippen LogP contribution in [0.5, 0.6) is 0 Å². The van der Waals surface area contributed by atoms with Crippen molar-refractivity contribution in [1.82, 2.24) is 19.9 Å². The van der Waals surface area contributed by atoms with Gasteiger partial charge in [-0.3, -0.25) is 14.6 Å². The van der Waals surface area contributed by atoms with Gasteiger partial charge < -0.3 is 14.3 Å². The van der Waals surface area contributed by atoms with Crippen molar-refractivity contribution in [3.8, 4) is 11.1 Å². The quantitative estimate of drug-likeness (QED) is 0.179. The van der Waals surface area contributed by atoms with E-state index < -0.39 is 6.04 Å². The average molecular weight is 597 g/mol. The molecule has 1 aliphatic heterocycles. The molecule has 0 unspecified atom stereocenters. The molecule has 2 amide bonds. The normalized spacial score (nSPS) is 13.4. The second kappa shape index (κ2) is 13.6. The van der Waals surface area contributed by atoms with Gasteiger partial charge in [-0.1, -0.05) is 84.0 Å². The smallest absolute Gasteiger partial charge is 0.247 e. The standard InChI is InChI=1S/C38H36N4O3/c1-27-35(28(2)45-40-27)16-17-37(43)42(25-30-12-14-32(15-13-30)33-18-21-39-22-19-33)36(24-29-8-4-3-5-9-29)38(44)41-23-20-31-10-6-7-11-34(31)26-41/h3-19,21-22,36H,20,23-26H2,1-2H3/b17-16+/t36-/m0/s1. The Morgan fingerprint density at radius 1 is 0.867 bits per heavy atom. The van der Waals surface area contributed by atoms with Crippen LogP contribution in [0.15, 0.2) is 114 Å². The van der Waals surface area contributed by atoms with E-state index in [0.29, 0.717) is 31.0 Å². The highest BCUT2D eigenvalue weighted by molar-refractivity contribution is 5.96. The molecule has 7 heteroatoms. The SMILES string of the molecule is Cc1noc(C)c1/C=C/C(=O)N(Cc1ccc(-c2ccncc2)cc1)[C@@H](Cc1ccccc1)C(=O)N1CCc2ccccc2C1. The zero-order valence-corrected chi connectivity index (χ0v) is 25.6. The van der Waals surface area contributed by atoms with Gasteiger partial charge in [0.2, 0.25) is 11.8 Å². The third-order valence-electron chi connectivity index (χ3n) is 8.46. The molecule has 6 rings (SSSR count). The molecule has 7 nitrogen and oxygen atoms in total. The summed E-state index contributed by atoms with van der Waals surface area (Å²) >= 11 is 0. The molecule has 5 aromatic rings. The molecule has 0 spiro atoms. The second-order valence-corrected chi connectivity index (χ2v) is 11.5. The first-order chi connectivity index (χ1) is 22.0. The minimum absolute atomic E-state index is 0.0548. The number of benzene rings is 3. The van der Waals surface area contributed by atoms with Crippen molar-refractivity contribution in [2.45, 2.75) is 45.8 Å². The molecule has 0 fully saturated rings. The van der Waals surface area contributed by atoms with Crippen molar-refractivity contribution < 1.29 is 14.1 Å². The lowest BCUT2D eigenvalue weighted by Crippen LogP contribution is -2.52. The number of hydrogen-bond donors (Lipinski definition) is 0. The van der Waals surface area contributed by atoms with Crippen molar-refractivity contribution in [2.75, 3.05) is 6.54 Å². The van der Waals surface area contributed by atoms with Crippen LogP contribution < -0.4 is 0 Å². The first-order valence-electron chi connectivity index (χ1n) is 15.3. The van der Waals surface area contributed by atoms with Crippen molar-refractivity contribution >= 4 is 17.9 Å². The number of rotatable bonds is 9. The van der Waals surface area contributed by atoms with Gasteiger partial charge in [0.05, 0.1) is 5.69 Å². The number of amides is 2. The van der Waals surface area contributed by atoms with Crippen LogP contribution in [-0.2, 0) is 35.5 Å². The Bertz CT molecular complexity index is 1780. The topological polar surface area (TPSA) is 79.5 Å². The van der Waals surface area contributed by atoms with Crippen LogP contribution in [0.3, 0.4) is 0 Å². The molecule has 3 aromatic carbocycles. The third kappa shape index (κ3) is 6.93. The Morgan fingerprint density at radius 3 is 2.27 bits per heavy atom. The highest BCUT2D eigenvalue weighted by Gasteiger charge is 2.34. The molecule has 0 saturated heterocycles. The highest BCUT2D eigenvalue weighted by atomic mass is 16.5. The molecule has 2 aromatic heterocycles. The summed E-state index contributed by atoms with van der Waals surface area (Å²) in [4.78, 5) is 36.4. The van der Waals surface area contributed by atoms with Gasteiger partial charge in [-0.15, -0.1) is 0 Å². The third-order valence-corrected chi connectivity index (χ3v) is 8.46. The molecule has 0 radical (unpaired) electrons. The number of aromatic nitrogens is 2. The summed E-state index contributed by atoms with van der Waals surface area (Å²) in [7, 11) is 0. The molecule has 0 saturated carbocycles. The van der Waals surface area contributed by atoms with E-state index in [2.05, 4.69) is 22.3 Å². The van der Waals surface area contributed by atoms with E-state index in [4.69, 9.17) is 4.52 Å². The van der Waals surface area contributed by atoms with E-state index in [1.807, 2.05) is 97.6 Å². The number of hydrogen-bond acceptors (Lipinski definition) is 5. The number of nitrogens with zero attached hydrogens (tertiary/aromatic N) is 4. The summed E-state index contributed by atoms with van der Waals surface area (Å²) in [5.74, 6) is 0.333. The van der Waals surface area contributed by atoms with Crippen LogP contribution in [0.1, 0.15) is 39.3 Å². The molecule has 0 aliphatic carbocycles. The van der Waals surface area contributed by atoms with Crippen molar-refractivity contribution in [3.05, 3.63) is 149 Å². The summed E-state index contributed by atoms with van der Waals surface area (Å²) < 4.78 is 5.31. The fraction of sp³-hybridized carbons (Fsp3) is 0.211. The fourth-order valence-corrected chi connectivity index (χ4v) is 5.93. The number of carbonyl (C=O) groups is 2. The van der Waals surface area contributed by atoms with E-state index in [0.717, 1.165) is 39.8 Å². The number of aryl methyl sites for hydroxylation is 2. The van der Waals surface area contributed by atoms with Crippen LogP contribution in [0.25, 0.3) is 17.2 Å². The zero-order chi connectivity index (χ0) is 31.2. The van der Waals surface area contributed by atoms with Crippen LogP contribution in [-0.4, -0.2) is 44.3 Å². The van der Waals surface area contributed by atoms with Crippen molar-refractivity contribution in [2.24, 2.45) is 0 Å². The lowest BCUT2D eigenvalue weighted by atomic mass is 9.97. The van der Waals surface area contributed by atoms with E-state index in [-0.39, 0.29) is 18.4 Å². The molecule has 1 aliphatic rings. The molecule has 45 heavy (non-hydrogen) atoms. The summed E-state index contributed by atoms with van der Waals surface area (Å²) in [6, 6.07) is 29.5. The first kappa shape index (κ1) is 29.8. The Hall–Kier alpha value is -5.30. The van der Waals surface area contributed by atoms with Crippen molar-refractivity contribution in [1.29, 1.82) is 0 Å². The Balaban J connectivity index is 1.35. The molecular weight excluding hydrogens is 560 g/mol. The number of pyridine rings is 1. The summed E-state index contributed by atoms with van der Waals surface area (Å²) in [5, 5.41) is 4.02. The lowest BCUT2D eigenvalue weighted by molar-refractivity contribution is -0.144. The van der Waals surface area contributed by atoms with Crippen LogP contribution in [0, 0.1) is 13.8 Å². The van der Waals surface area contributed by atoms with Gasteiger partial charge in [0.15, 0.2) is 0 Å². The van der Waals surface area contributed by atoms with E-state index in [1.54, 1.807) is 23.4 Å². The van der Waals surface area contributed by atoms with E-state index in [9.17, 15) is 9.59 Å².